The molecule has 0 saturated carbocycles. The van der Waals surface area contributed by atoms with Crippen molar-refractivity contribution in [3.63, 3.8) is 0 Å². The zero-order valence-corrected chi connectivity index (χ0v) is 20.2. The van der Waals surface area contributed by atoms with Gasteiger partial charge in [-0.2, -0.15) is 0 Å². The lowest BCUT2D eigenvalue weighted by Crippen LogP contribution is -2.45. The van der Waals surface area contributed by atoms with Crippen LogP contribution in [0.4, 0.5) is 0 Å². The van der Waals surface area contributed by atoms with Crippen molar-refractivity contribution in [2.45, 2.75) is 71.6 Å². The van der Waals surface area contributed by atoms with E-state index in [1.54, 1.807) is 16.2 Å². The van der Waals surface area contributed by atoms with Crippen LogP contribution in [-0.2, 0) is 27.4 Å². The second kappa shape index (κ2) is 12.8. The molecule has 0 N–H and O–H groups in total. The number of thiophene rings is 1. The molecule has 2 aromatic rings. The smallest absolute Gasteiger partial charge is 0.242 e. The SMILES string of the molecule is CCCCCC(=O)N(CC(=O)N(Cc1ccccc1)Cc1sccc1C)CC1CCCO1. The summed E-state index contributed by atoms with van der Waals surface area (Å²) in [6, 6.07) is 12.2. The van der Waals surface area contributed by atoms with Crippen LogP contribution in [0.3, 0.4) is 0 Å². The molecule has 2 amide bonds. The molecule has 2 heterocycles. The first kappa shape index (κ1) is 24.5. The molecule has 3 rings (SSSR count). The van der Waals surface area contributed by atoms with Crippen LogP contribution in [0, 0.1) is 6.92 Å². The van der Waals surface area contributed by atoms with Crippen LogP contribution in [-0.4, -0.2) is 47.4 Å². The summed E-state index contributed by atoms with van der Waals surface area (Å²) in [7, 11) is 0. The van der Waals surface area contributed by atoms with Gasteiger partial charge in [0.2, 0.25) is 11.8 Å². The Labute approximate surface area is 196 Å². The number of ether oxygens (including phenoxy) is 1. The van der Waals surface area contributed by atoms with Crippen LogP contribution >= 0.6 is 11.3 Å². The van der Waals surface area contributed by atoms with Gasteiger partial charge in [0.1, 0.15) is 0 Å². The molecular formula is C26H36N2O3S. The van der Waals surface area contributed by atoms with E-state index in [0.717, 1.165) is 44.3 Å². The van der Waals surface area contributed by atoms with Gasteiger partial charge in [-0.3, -0.25) is 9.59 Å². The molecule has 32 heavy (non-hydrogen) atoms. The Hall–Kier alpha value is -2.18. The molecule has 6 heteroatoms. The Morgan fingerprint density at radius 3 is 2.53 bits per heavy atom. The highest BCUT2D eigenvalue weighted by Crippen LogP contribution is 2.20. The Balaban J connectivity index is 1.72. The number of hydrogen-bond donors (Lipinski definition) is 0. The van der Waals surface area contributed by atoms with Crippen LogP contribution < -0.4 is 0 Å². The Kier molecular flexibility index (Phi) is 9.75. The van der Waals surface area contributed by atoms with Crippen molar-refractivity contribution >= 4 is 23.2 Å². The van der Waals surface area contributed by atoms with E-state index in [9.17, 15) is 9.59 Å². The maximum Gasteiger partial charge on any atom is 0.242 e. The number of aryl methyl sites for hydroxylation is 1. The fraction of sp³-hybridized carbons (Fsp3) is 0.538. The van der Waals surface area contributed by atoms with Gasteiger partial charge in [-0.05, 0) is 48.8 Å². The number of nitrogens with zero attached hydrogens (tertiary/aromatic N) is 2. The number of carbonyl (C=O) groups excluding carboxylic acids is 2. The molecule has 0 bridgehead atoms. The summed E-state index contributed by atoms with van der Waals surface area (Å²) in [5, 5.41) is 2.07. The normalized spacial score (nSPS) is 15.6. The van der Waals surface area contributed by atoms with Crippen LogP contribution in [0.2, 0.25) is 0 Å². The van der Waals surface area contributed by atoms with E-state index in [2.05, 4.69) is 25.3 Å². The van der Waals surface area contributed by atoms with Gasteiger partial charge in [-0.1, -0.05) is 50.1 Å². The largest absolute Gasteiger partial charge is 0.376 e. The van der Waals surface area contributed by atoms with Gasteiger partial charge in [0.05, 0.1) is 19.2 Å². The highest BCUT2D eigenvalue weighted by atomic mass is 32.1. The third-order valence-corrected chi connectivity index (χ3v) is 7.00. The molecule has 1 aliphatic heterocycles. The Morgan fingerprint density at radius 2 is 1.88 bits per heavy atom. The summed E-state index contributed by atoms with van der Waals surface area (Å²) in [6.45, 7) is 6.68. The molecule has 1 fully saturated rings. The lowest BCUT2D eigenvalue weighted by molar-refractivity contribution is -0.142. The van der Waals surface area contributed by atoms with Gasteiger partial charge in [-0.15, -0.1) is 11.3 Å². The van der Waals surface area contributed by atoms with E-state index in [0.29, 0.717) is 26.1 Å². The predicted molar refractivity (Wildman–Crippen MR) is 129 cm³/mol. The van der Waals surface area contributed by atoms with Crippen molar-refractivity contribution in [1.82, 2.24) is 9.80 Å². The molecule has 0 spiro atoms. The molecule has 0 radical (unpaired) electrons. The van der Waals surface area contributed by atoms with E-state index >= 15 is 0 Å². The summed E-state index contributed by atoms with van der Waals surface area (Å²) in [6.07, 6.45) is 5.49. The maximum absolute atomic E-state index is 13.5. The van der Waals surface area contributed by atoms with Crippen molar-refractivity contribution < 1.29 is 14.3 Å². The zero-order chi connectivity index (χ0) is 22.8. The first-order valence-corrected chi connectivity index (χ1v) is 12.7. The van der Waals surface area contributed by atoms with Gasteiger partial charge < -0.3 is 14.5 Å². The van der Waals surface area contributed by atoms with Gasteiger partial charge in [0, 0.05) is 31.0 Å². The van der Waals surface area contributed by atoms with E-state index in [1.165, 1.54) is 10.4 Å². The third kappa shape index (κ3) is 7.45. The summed E-state index contributed by atoms with van der Waals surface area (Å²) < 4.78 is 5.78. The minimum Gasteiger partial charge on any atom is -0.376 e. The minimum atomic E-state index is -0.0107. The highest BCUT2D eigenvalue weighted by molar-refractivity contribution is 7.10. The van der Waals surface area contributed by atoms with Crippen LogP contribution in [0.25, 0.3) is 0 Å². The molecule has 174 valence electrons. The lowest BCUT2D eigenvalue weighted by Gasteiger charge is -2.29. The van der Waals surface area contributed by atoms with E-state index in [1.807, 2.05) is 35.2 Å². The Bertz CT molecular complexity index is 846. The minimum absolute atomic E-state index is 0.0107. The second-order valence-electron chi connectivity index (χ2n) is 8.63. The highest BCUT2D eigenvalue weighted by Gasteiger charge is 2.26. The number of unbranched alkanes of at least 4 members (excludes halogenated alkanes) is 2. The summed E-state index contributed by atoms with van der Waals surface area (Å²) in [5.74, 6) is 0.0535. The van der Waals surface area contributed by atoms with Crippen LogP contribution in [0.15, 0.2) is 41.8 Å². The van der Waals surface area contributed by atoms with E-state index < -0.39 is 0 Å². The maximum atomic E-state index is 13.5. The molecule has 1 saturated heterocycles. The molecule has 1 aromatic carbocycles. The molecule has 1 aliphatic rings. The van der Waals surface area contributed by atoms with Crippen molar-refractivity contribution in [3.05, 3.63) is 57.8 Å². The summed E-state index contributed by atoms with van der Waals surface area (Å²) in [4.78, 5) is 31.3. The number of hydrogen-bond acceptors (Lipinski definition) is 4. The van der Waals surface area contributed by atoms with E-state index in [4.69, 9.17) is 4.74 Å². The molecule has 1 unspecified atom stereocenters. The first-order chi connectivity index (χ1) is 15.6. The molecule has 1 atom stereocenters. The summed E-state index contributed by atoms with van der Waals surface area (Å²) in [5.41, 5.74) is 2.29. The molecule has 5 nitrogen and oxygen atoms in total. The average molecular weight is 457 g/mol. The Morgan fingerprint density at radius 1 is 1.06 bits per heavy atom. The van der Waals surface area contributed by atoms with Crippen molar-refractivity contribution in [2.75, 3.05) is 19.7 Å². The number of amides is 2. The fourth-order valence-corrected chi connectivity index (χ4v) is 4.93. The zero-order valence-electron chi connectivity index (χ0n) is 19.4. The standard InChI is InChI=1S/C26H36N2O3S/c1-3-4-6-13-25(29)28(18-23-12-9-15-31-23)20-26(30)27(17-22-10-7-5-8-11-22)19-24-21(2)14-16-32-24/h5,7-8,10-11,14,16,23H,3-4,6,9,12-13,15,17-20H2,1-2H3. The molecular weight excluding hydrogens is 420 g/mol. The number of rotatable bonds is 12. The molecule has 1 aromatic heterocycles. The van der Waals surface area contributed by atoms with Crippen LogP contribution in [0.5, 0.6) is 0 Å². The lowest BCUT2D eigenvalue weighted by atomic mass is 10.1. The van der Waals surface area contributed by atoms with Gasteiger partial charge >= 0.3 is 0 Å². The quantitative estimate of drug-likeness (QED) is 0.414. The monoisotopic (exact) mass is 456 g/mol. The first-order valence-electron chi connectivity index (χ1n) is 11.8. The topological polar surface area (TPSA) is 49.9 Å². The van der Waals surface area contributed by atoms with Gasteiger partial charge in [-0.25, -0.2) is 0 Å². The van der Waals surface area contributed by atoms with E-state index in [-0.39, 0.29) is 24.5 Å². The van der Waals surface area contributed by atoms with Gasteiger partial charge in [0.15, 0.2) is 0 Å². The van der Waals surface area contributed by atoms with Crippen molar-refractivity contribution in [2.24, 2.45) is 0 Å². The van der Waals surface area contributed by atoms with Gasteiger partial charge in [0.25, 0.3) is 0 Å². The van der Waals surface area contributed by atoms with Crippen molar-refractivity contribution in [3.8, 4) is 0 Å². The van der Waals surface area contributed by atoms with Crippen LogP contribution in [0.1, 0.15) is 61.5 Å². The van der Waals surface area contributed by atoms with Crippen molar-refractivity contribution in [1.29, 1.82) is 0 Å². The summed E-state index contributed by atoms with van der Waals surface area (Å²) >= 11 is 1.68. The number of carbonyl (C=O) groups is 2. The predicted octanol–water partition coefficient (Wildman–Crippen LogP) is 5.17. The third-order valence-electron chi connectivity index (χ3n) is 5.99. The average Bonchev–Trinajstić information content (AvgIpc) is 3.45. The second-order valence-corrected chi connectivity index (χ2v) is 9.63. The fourth-order valence-electron chi connectivity index (χ4n) is 4.01. The molecule has 0 aliphatic carbocycles. The number of benzene rings is 1.